The summed E-state index contributed by atoms with van der Waals surface area (Å²) in [6.07, 6.45) is 0.896. The molecule has 0 atom stereocenters. The monoisotopic (exact) mass is 244 g/mol. The van der Waals surface area contributed by atoms with Gasteiger partial charge >= 0.3 is 0 Å². The van der Waals surface area contributed by atoms with Gasteiger partial charge in [-0.2, -0.15) is 0 Å². The molecule has 0 bridgehead atoms. The van der Waals surface area contributed by atoms with Gasteiger partial charge in [0.05, 0.1) is 0 Å². The molecule has 3 rings (SSSR count). The Morgan fingerprint density at radius 3 is 2.72 bits per heavy atom. The van der Waals surface area contributed by atoms with E-state index in [1.54, 1.807) is 30.6 Å². The summed E-state index contributed by atoms with van der Waals surface area (Å²) in [6.45, 7) is 0. The Balaban J connectivity index is 2.20. The van der Waals surface area contributed by atoms with Gasteiger partial charge in [-0.05, 0) is 12.1 Å². The molecule has 3 aromatic rings. The van der Waals surface area contributed by atoms with Crippen molar-refractivity contribution in [3.8, 4) is 11.3 Å². The largest absolute Gasteiger partial charge is 0.354 e. The molecule has 2 nitrogen and oxygen atoms in total. The molecule has 90 valence electrons. The maximum absolute atomic E-state index is 12.9. The van der Waals surface area contributed by atoms with E-state index >= 15 is 0 Å². The predicted octanol–water partition coefficient (Wildman–Crippen LogP) is 4.17. The van der Waals surface area contributed by atoms with Crippen LogP contribution < -0.4 is 0 Å². The molecule has 1 N–H and O–H groups in total. The fraction of sp³-hybridized carbons (Fsp3) is 0.0714. The van der Waals surface area contributed by atoms with Gasteiger partial charge in [-0.25, -0.2) is 8.78 Å². The molecule has 0 radical (unpaired) electrons. The molecule has 0 aliphatic carbocycles. The molecule has 0 saturated heterocycles. The number of halogens is 2. The first-order chi connectivity index (χ1) is 8.75. The fourth-order valence-electron chi connectivity index (χ4n) is 2.05. The average molecular weight is 244 g/mol. The van der Waals surface area contributed by atoms with E-state index < -0.39 is 6.43 Å². The van der Waals surface area contributed by atoms with Gasteiger partial charge in [0.25, 0.3) is 6.43 Å². The van der Waals surface area contributed by atoms with Gasteiger partial charge in [-0.1, -0.05) is 24.3 Å². The zero-order valence-electron chi connectivity index (χ0n) is 9.40. The number of nitrogens with zero attached hydrogens (tertiary/aromatic N) is 1. The van der Waals surface area contributed by atoms with Crippen molar-refractivity contribution in [3.05, 3.63) is 54.4 Å². The number of hydrogen-bond acceptors (Lipinski definition) is 1. The first kappa shape index (κ1) is 10.9. The van der Waals surface area contributed by atoms with E-state index in [0.717, 1.165) is 10.9 Å². The van der Waals surface area contributed by atoms with Crippen molar-refractivity contribution in [1.82, 2.24) is 9.97 Å². The van der Waals surface area contributed by atoms with Crippen LogP contribution in [0.25, 0.3) is 22.2 Å². The molecule has 0 fully saturated rings. The van der Waals surface area contributed by atoms with Gasteiger partial charge in [-0.3, -0.25) is 4.98 Å². The number of aromatic amines is 1. The van der Waals surface area contributed by atoms with Crippen LogP contribution in [-0.2, 0) is 0 Å². The maximum Gasteiger partial charge on any atom is 0.264 e. The Morgan fingerprint density at radius 2 is 1.94 bits per heavy atom. The van der Waals surface area contributed by atoms with Crippen LogP contribution in [0.1, 0.15) is 12.0 Å². The molecule has 4 heteroatoms. The Hall–Kier alpha value is -2.23. The van der Waals surface area contributed by atoms with Crippen molar-refractivity contribution in [2.24, 2.45) is 0 Å². The summed E-state index contributed by atoms with van der Waals surface area (Å²) < 4.78 is 25.9. The summed E-state index contributed by atoms with van der Waals surface area (Å²) in [5.74, 6) is 0. The molecule has 1 aromatic carbocycles. The predicted molar refractivity (Wildman–Crippen MR) is 66.5 cm³/mol. The molecule has 0 unspecified atom stereocenters. The molecule has 2 aromatic heterocycles. The summed E-state index contributed by atoms with van der Waals surface area (Å²) in [5, 5.41) is 0.913. The minimum atomic E-state index is -2.48. The lowest BCUT2D eigenvalue weighted by atomic mass is 10.1. The van der Waals surface area contributed by atoms with Crippen LogP contribution in [0.5, 0.6) is 0 Å². The fourth-order valence-corrected chi connectivity index (χ4v) is 2.05. The van der Waals surface area contributed by atoms with Crippen molar-refractivity contribution in [2.45, 2.75) is 6.43 Å². The van der Waals surface area contributed by atoms with Crippen LogP contribution in [0.3, 0.4) is 0 Å². The van der Waals surface area contributed by atoms with E-state index in [4.69, 9.17) is 0 Å². The second-order valence-corrected chi connectivity index (χ2v) is 4.03. The first-order valence-corrected chi connectivity index (χ1v) is 5.56. The first-order valence-electron chi connectivity index (χ1n) is 5.56. The standard InChI is InChI=1S/C14H10F2N2/c15-14(16)11-4-2-1-3-10(11)13-7-9-8-17-6-5-12(9)18-13/h1-8,14,18H. The number of benzene rings is 1. The van der Waals surface area contributed by atoms with Gasteiger partial charge < -0.3 is 4.98 Å². The number of alkyl halides is 2. The third-order valence-electron chi connectivity index (χ3n) is 2.91. The Bertz CT molecular complexity index is 656. The highest BCUT2D eigenvalue weighted by Gasteiger charge is 2.14. The number of aromatic nitrogens is 2. The summed E-state index contributed by atoms with van der Waals surface area (Å²) in [7, 11) is 0. The second kappa shape index (κ2) is 4.22. The summed E-state index contributed by atoms with van der Waals surface area (Å²) in [5.41, 5.74) is 2.15. The van der Waals surface area contributed by atoms with Gasteiger partial charge in [0.15, 0.2) is 0 Å². The van der Waals surface area contributed by atoms with Crippen molar-refractivity contribution in [3.63, 3.8) is 0 Å². The number of hydrogen-bond donors (Lipinski definition) is 1. The van der Waals surface area contributed by atoms with E-state index in [9.17, 15) is 8.78 Å². The molecular formula is C14H10F2N2. The minimum absolute atomic E-state index is 0.0389. The highest BCUT2D eigenvalue weighted by atomic mass is 19.3. The number of fused-ring (bicyclic) bond motifs is 1. The van der Waals surface area contributed by atoms with E-state index in [2.05, 4.69) is 9.97 Å². The van der Waals surface area contributed by atoms with E-state index in [1.807, 2.05) is 12.1 Å². The molecule has 0 saturated carbocycles. The smallest absolute Gasteiger partial charge is 0.264 e. The van der Waals surface area contributed by atoms with Crippen LogP contribution in [-0.4, -0.2) is 9.97 Å². The van der Waals surface area contributed by atoms with Gasteiger partial charge in [-0.15, -0.1) is 0 Å². The van der Waals surface area contributed by atoms with E-state index in [-0.39, 0.29) is 5.56 Å². The molecule has 0 spiro atoms. The third kappa shape index (κ3) is 1.76. The minimum Gasteiger partial charge on any atom is -0.354 e. The van der Waals surface area contributed by atoms with Crippen molar-refractivity contribution in [2.75, 3.05) is 0 Å². The van der Waals surface area contributed by atoms with E-state index in [1.165, 1.54) is 6.07 Å². The molecule has 0 amide bonds. The molecule has 2 heterocycles. The zero-order valence-corrected chi connectivity index (χ0v) is 9.40. The number of H-pyrrole nitrogens is 1. The molecule has 0 aliphatic rings. The lowest BCUT2D eigenvalue weighted by Gasteiger charge is -2.06. The highest BCUT2D eigenvalue weighted by molar-refractivity contribution is 5.85. The Morgan fingerprint density at radius 1 is 1.11 bits per heavy atom. The topological polar surface area (TPSA) is 28.7 Å². The maximum atomic E-state index is 12.9. The third-order valence-corrected chi connectivity index (χ3v) is 2.91. The lowest BCUT2D eigenvalue weighted by molar-refractivity contribution is 0.152. The summed E-state index contributed by atoms with van der Waals surface area (Å²) >= 11 is 0. The molecule has 18 heavy (non-hydrogen) atoms. The van der Waals surface area contributed by atoms with Crippen LogP contribution in [0.2, 0.25) is 0 Å². The van der Waals surface area contributed by atoms with Crippen molar-refractivity contribution >= 4 is 10.9 Å². The number of nitrogens with one attached hydrogen (secondary N) is 1. The lowest BCUT2D eigenvalue weighted by Crippen LogP contribution is -1.89. The Kier molecular flexibility index (Phi) is 2.55. The highest BCUT2D eigenvalue weighted by Crippen LogP contribution is 2.31. The van der Waals surface area contributed by atoms with Crippen molar-refractivity contribution < 1.29 is 8.78 Å². The van der Waals surface area contributed by atoms with Crippen LogP contribution >= 0.6 is 0 Å². The average Bonchev–Trinajstić information content (AvgIpc) is 2.82. The van der Waals surface area contributed by atoms with Gasteiger partial charge in [0, 0.05) is 40.1 Å². The van der Waals surface area contributed by atoms with Gasteiger partial charge in [0.1, 0.15) is 0 Å². The Labute approximate surface area is 102 Å². The molecular weight excluding hydrogens is 234 g/mol. The van der Waals surface area contributed by atoms with E-state index in [0.29, 0.717) is 11.3 Å². The quantitative estimate of drug-likeness (QED) is 0.720. The second-order valence-electron chi connectivity index (χ2n) is 4.03. The molecule has 0 aliphatic heterocycles. The summed E-state index contributed by atoms with van der Waals surface area (Å²) in [4.78, 5) is 7.14. The normalized spacial score (nSPS) is 11.3. The summed E-state index contributed by atoms with van der Waals surface area (Å²) in [6, 6.07) is 10.2. The van der Waals surface area contributed by atoms with Crippen LogP contribution in [0.15, 0.2) is 48.8 Å². The van der Waals surface area contributed by atoms with Crippen LogP contribution in [0, 0.1) is 0 Å². The number of pyridine rings is 1. The zero-order chi connectivity index (χ0) is 12.5. The SMILES string of the molecule is FC(F)c1ccccc1-c1cc2cnccc2[nH]1. The van der Waals surface area contributed by atoms with Gasteiger partial charge in [0.2, 0.25) is 0 Å². The van der Waals surface area contributed by atoms with Crippen molar-refractivity contribution in [1.29, 1.82) is 0 Å². The van der Waals surface area contributed by atoms with Crippen LogP contribution in [0.4, 0.5) is 8.78 Å². The number of rotatable bonds is 2.